The van der Waals surface area contributed by atoms with E-state index in [-0.39, 0.29) is 11.5 Å². The van der Waals surface area contributed by atoms with Gasteiger partial charge in [0, 0.05) is 15.6 Å². The van der Waals surface area contributed by atoms with Crippen LogP contribution in [-0.2, 0) is 0 Å². The van der Waals surface area contributed by atoms with Crippen LogP contribution in [0.4, 0.5) is 4.39 Å². The normalized spacial score (nSPS) is 10.9. The van der Waals surface area contributed by atoms with Crippen molar-refractivity contribution in [2.75, 3.05) is 0 Å². The van der Waals surface area contributed by atoms with Crippen LogP contribution < -0.4 is 10.9 Å². The second-order valence-electron chi connectivity index (χ2n) is 6.12. The number of nitrogens with zero attached hydrogens (tertiary/aromatic N) is 3. The Hall–Kier alpha value is -3.55. The molecule has 0 unspecified atom stereocenters. The summed E-state index contributed by atoms with van der Waals surface area (Å²) in [6.07, 6.45) is 3.05. The Morgan fingerprint density at radius 1 is 0.742 bits per heavy atom. The molecule has 0 bridgehead atoms. The Labute approximate surface area is 188 Å². The van der Waals surface area contributed by atoms with Crippen molar-refractivity contribution in [1.82, 2.24) is 10.9 Å². The SMILES string of the molecule is O=C(N=C(NN=Cc1ccc(Cl)cc1)NN=Cc1ccc(Cl)cc1)c1ccc(F)cc1. The maximum Gasteiger partial charge on any atom is 0.280 e. The van der Waals surface area contributed by atoms with Gasteiger partial charge in [0.25, 0.3) is 5.91 Å². The van der Waals surface area contributed by atoms with Crippen LogP contribution in [-0.4, -0.2) is 24.3 Å². The van der Waals surface area contributed by atoms with E-state index in [9.17, 15) is 9.18 Å². The van der Waals surface area contributed by atoms with Gasteiger partial charge in [0.1, 0.15) is 5.82 Å². The number of halogens is 3. The molecule has 1 amide bonds. The van der Waals surface area contributed by atoms with Gasteiger partial charge < -0.3 is 0 Å². The van der Waals surface area contributed by atoms with Crippen molar-refractivity contribution >= 4 is 47.5 Å². The number of rotatable bonds is 5. The van der Waals surface area contributed by atoms with Gasteiger partial charge in [-0.05, 0) is 59.7 Å². The monoisotopic (exact) mass is 455 g/mol. The van der Waals surface area contributed by atoms with Crippen LogP contribution in [0, 0.1) is 5.82 Å². The van der Waals surface area contributed by atoms with Crippen molar-refractivity contribution in [3.8, 4) is 0 Å². The van der Waals surface area contributed by atoms with Crippen LogP contribution in [0.5, 0.6) is 0 Å². The van der Waals surface area contributed by atoms with E-state index in [0.717, 1.165) is 11.1 Å². The van der Waals surface area contributed by atoms with Crippen molar-refractivity contribution in [2.24, 2.45) is 15.2 Å². The van der Waals surface area contributed by atoms with E-state index in [0.29, 0.717) is 10.0 Å². The lowest BCUT2D eigenvalue weighted by Crippen LogP contribution is -2.32. The van der Waals surface area contributed by atoms with Gasteiger partial charge in [-0.15, -0.1) is 0 Å². The Morgan fingerprint density at radius 2 is 1.19 bits per heavy atom. The predicted molar refractivity (Wildman–Crippen MR) is 123 cm³/mol. The molecule has 0 aliphatic rings. The fraction of sp³-hybridized carbons (Fsp3) is 0. The molecule has 0 saturated carbocycles. The minimum atomic E-state index is -0.599. The summed E-state index contributed by atoms with van der Waals surface area (Å²) in [4.78, 5) is 16.3. The van der Waals surface area contributed by atoms with E-state index in [1.807, 2.05) is 0 Å². The molecule has 156 valence electrons. The number of hydrazone groups is 2. The number of hydrogen-bond acceptors (Lipinski definition) is 3. The molecule has 0 aliphatic carbocycles. The largest absolute Gasteiger partial charge is 0.280 e. The van der Waals surface area contributed by atoms with Gasteiger partial charge in [0.15, 0.2) is 0 Å². The molecule has 3 rings (SSSR count). The van der Waals surface area contributed by atoms with Crippen LogP contribution in [0.1, 0.15) is 21.5 Å². The number of aliphatic imine (C=N–C) groups is 1. The number of amides is 1. The van der Waals surface area contributed by atoms with Gasteiger partial charge >= 0.3 is 0 Å². The molecule has 0 aliphatic heterocycles. The number of nitrogens with one attached hydrogen (secondary N) is 2. The average molecular weight is 456 g/mol. The summed E-state index contributed by atoms with van der Waals surface area (Å²) in [6, 6.07) is 19.1. The summed E-state index contributed by atoms with van der Waals surface area (Å²) in [7, 11) is 0. The maximum atomic E-state index is 13.1. The summed E-state index contributed by atoms with van der Waals surface area (Å²) in [5.74, 6) is -1.07. The first-order valence-corrected chi connectivity index (χ1v) is 9.73. The number of guanidine groups is 1. The van der Waals surface area contributed by atoms with Gasteiger partial charge in [-0.25, -0.2) is 15.2 Å². The molecule has 0 atom stereocenters. The Balaban J connectivity index is 1.74. The Kier molecular flexibility index (Phi) is 7.86. The minimum Gasteiger partial charge on any atom is -0.267 e. The third-order valence-corrected chi connectivity index (χ3v) is 4.32. The average Bonchev–Trinajstić information content (AvgIpc) is 2.77. The van der Waals surface area contributed by atoms with Crippen molar-refractivity contribution in [1.29, 1.82) is 0 Å². The standard InChI is InChI=1S/C22H16Cl2FN5O/c23-18-7-1-15(2-8-18)13-26-29-22(28-21(31)17-5-11-20(25)12-6-17)30-27-14-16-3-9-19(24)10-4-16/h1-14H,(H2,28,29,30,31). The first-order valence-electron chi connectivity index (χ1n) is 8.97. The summed E-state index contributed by atoms with van der Waals surface area (Å²) in [6.45, 7) is 0. The quantitative estimate of drug-likeness (QED) is 0.327. The Bertz CT molecular complexity index is 1050. The molecule has 0 radical (unpaired) electrons. The zero-order valence-corrected chi connectivity index (χ0v) is 17.5. The second-order valence-corrected chi connectivity index (χ2v) is 6.99. The molecule has 0 fully saturated rings. The molecule has 3 aromatic carbocycles. The molecule has 2 N–H and O–H groups in total. The zero-order valence-electron chi connectivity index (χ0n) is 16.0. The summed E-state index contributed by atoms with van der Waals surface area (Å²) in [5.41, 5.74) is 7.05. The van der Waals surface area contributed by atoms with E-state index in [1.54, 1.807) is 48.5 Å². The number of benzene rings is 3. The van der Waals surface area contributed by atoms with Gasteiger partial charge in [-0.3, -0.25) is 4.79 Å². The summed E-state index contributed by atoms with van der Waals surface area (Å²) < 4.78 is 13.1. The first-order chi connectivity index (χ1) is 15.0. The van der Waals surface area contributed by atoms with Gasteiger partial charge in [-0.2, -0.15) is 15.2 Å². The lowest BCUT2D eigenvalue weighted by atomic mass is 10.2. The lowest BCUT2D eigenvalue weighted by Gasteiger charge is -2.05. The third kappa shape index (κ3) is 7.33. The number of carbonyl (C=O) groups is 1. The van der Waals surface area contributed by atoms with Crippen molar-refractivity contribution in [3.05, 3.63) is 105 Å². The highest BCUT2D eigenvalue weighted by atomic mass is 35.5. The molecule has 0 spiro atoms. The topological polar surface area (TPSA) is 78.2 Å². The lowest BCUT2D eigenvalue weighted by molar-refractivity contribution is 0.100. The Morgan fingerprint density at radius 3 is 1.65 bits per heavy atom. The number of hydrogen-bond donors (Lipinski definition) is 2. The minimum absolute atomic E-state index is 0.0234. The fourth-order valence-electron chi connectivity index (χ4n) is 2.27. The second kappa shape index (κ2) is 11.0. The first kappa shape index (κ1) is 22.1. The summed E-state index contributed by atoms with van der Waals surface area (Å²) >= 11 is 11.7. The van der Waals surface area contributed by atoms with Gasteiger partial charge in [0.2, 0.25) is 5.96 Å². The molecule has 0 heterocycles. The van der Waals surface area contributed by atoms with Crippen LogP contribution in [0.15, 0.2) is 88.0 Å². The maximum absolute atomic E-state index is 13.1. The van der Waals surface area contributed by atoms with Crippen LogP contribution >= 0.6 is 23.2 Å². The van der Waals surface area contributed by atoms with Crippen molar-refractivity contribution in [3.63, 3.8) is 0 Å². The molecule has 3 aromatic rings. The third-order valence-electron chi connectivity index (χ3n) is 3.81. The molecule has 0 aromatic heterocycles. The predicted octanol–water partition coefficient (Wildman–Crippen LogP) is 4.88. The van der Waals surface area contributed by atoms with E-state index < -0.39 is 11.7 Å². The van der Waals surface area contributed by atoms with E-state index in [2.05, 4.69) is 26.0 Å². The van der Waals surface area contributed by atoms with Crippen LogP contribution in [0.3, 0.4) is 0 Å². The zero-order chi connectivity index (χ0) is 22.1. The van der Waals surface area contributed by atoms with E-state index >= 15 is 0 Å². The molecule has 9 heteroatoms. The highest BCUT2D eigenvalue weighted by Gasteiger charge is 2.07. The highest BCUT2D eigenvalue weighted by Crippen LogP contribution is 2.09. The van der Waals surface area contributed by atoms with Crippen LogP contribution in [0.2, 0.25) is 10.0 Å². The van der Waals surface area contributed by atoms with E-state index in [1.165, 1.54) is 36.7 Å². The molecule has 31 heavy (non-hydrogen) atoms. The fourth-order valence-corrected chi connectivity index (χ4v) is 2.52. The summed E-state index contributed by atoms with van der Waals surface area (Å²) in [5, 5.41) is 9.32. The molecular formula is C22H16Cl2FN5O. The van der Waals surface area contributed by atoms with Crippen molar-refractivity contribution < 1.29 is 9.18 Å². The van der Waals surface area contributed by atoms with Gasteiger partial charge in [0.05, 0.1) is 12.4 Å². The molecule has 6 nitrogen and oxygen atoms in total. The van der Waals surface area contributed by atoms with E-state index in [4.69, 9.17) is 23.2 Å². The van der Waals surface area contributed by atoms with Crippen molar-refractivity contribution in [2.45, 2.75) is 0 Å². The smallest absolute Gasteiger partial charge is 0.267 e. The molecule has 0 saturated heterocycles. The molecular weight excluding hydrogens is 440 g/mol. The highest BCUT2D eigenvalue weighted by molar-refractivity contribution is 6.30. The number of carbonyl (C=O) groups excluding carboxylic acids is 1. The van der Waals surface area contributed by atoms with Gasteiger partial charge in [-0.1, -0.05) is 47.5 Å². The van der Waals surface area contributed by atoms with Crippen LogP contribution in [0.25, 0.3) is 0 Å².